The zero-order valence-corrected chi connectivity index (χ0v) is 10.1. The number of aliphatic hydroxyl groups is 1. The first-order valence-electron chi connectivity index (χ1n) is 4.85. The van der Waals surface area contributed by atoms with Crippen molar-refractivity contribution in [2.75, 3.05) is 25.9 Å². The van der Waals surface area contributed by atoms with Crippen LogP contribution in [0.25, 0.3) is 0 Å². The molecule has 0 aromatic carbocycles. The van der Waals surface area contributed by atoms with Gasteiger partial charge in [-0.05, 0) is 31.6 Å². The summed E-state index contributed by atoms with van der Waals surface area (Å²) in [4.78, 5) is 2.25. The van der Waals surface area contributed by atoms with Gasteiger partial charge in [-0.2, -0.15) is 12.6 Å². The van der Waals surface area contributed by atoms with E-state index in [1.807, 2.05) is 6.92 Å². The topological polar surface area (TPSA) is 23.5 Å². The van der Waals surface area contributed by atoms with E-state index in [9.17, 15) is 0 Å². The molecule has 0 aliphatic rings. The Morgan fingerprint density at radius 3 is 2.38 bits per heavy atom. The molecule has 0 rings (SSSR count). The minimum atomic E-state index is -0.193. The fourth-order valence-corrected chi connectivity index (χ4v) is 1.37. The summed E-state index contributed by atoms with van der Waals surface area (Å²) in [7, 11) is 2.09. The van der Waals surface area contributed by atoms with Crippen LogP contribution in [0.15, 0.2) is 0 Å². The monoisotopic (exact) mass is 205 g/mol. The number of hydrogen-bond donors (Lipinski definition) is 2. The highest BCUT2D eigenvalue weighted by atomic mass is 32.1. The van der Waals surface area contributed by atoms with Gasteiger partial charge in [-0.25, -0.2) is 0 Å². The van der Waals surface area contributed by atoms with Crippen molar-refractivity contribution in [3.05, 3.63) is 0 Å². The second kappa shape index (κ2) is 5.89. The van der Waals surface area contributed by atoms with Crippen LogP contribution in [-0.2, 0) is 0 Å². The summed E-state index contributed by atoms with van der Waals surface area (Å²) >= 11 is 4.31. The van der Waals surface area contributed by atoms with E-state index in [0.717, 1.165) is 25.3 Å². The zero-order valence-electron chi connectivity index (χ0n) is 9.25. The fourth-order valence-electron chi connectivity index (χ4n) is 1.27. The molecule has 0 heterocycles. The summed E-state index contributed by atoms with van der Waals surface area (Å²) < 4.78 is 0. The Balaban J connectivity index is 3.67. The van der Waals surface area contributed by atoms with Gasteiger partial charge >= 0.3 is 0 Å². The third-order valence-electron chi connectivity index (χ3n) is 2.05. The van der Waals surface area contributed by atoms with Gasteiger partial charge in [-0.1, -0.05) is 13.8 Å². The van der Waals surface area contributed by atoms with Crippen LogP contribution in [0.2, 0.25) is 0 Å². The van der Waals surface area contributed by atoms with Crippen molar-refractivity contribution in [2.24, 2.45) is 5.41 Å². The van der Waals surface area contributed by atoms with Gasteiger partial charge in [0.25, 0.3) is 0 Å². The summed E-state index contributed by atoms with van der Waals surface area (Å²) in [6.45, 7) is 8.23. The lowest BCUT2D eigenvalue weighted by Gasteiger charge is -2.29. The number of hydrogen-bond acceptors (Lipinski definition) is 3. The standard InChI is InChI=1S/C10H23NOS/c1-9(12)5-6-11(4)7-10(2,3)8-13/h9,12-13H,5-8H2,1-4H3. The van der Waals surface area contributed by atoms with Crippen molar-refractivity contribution >= 4 is 12.6 Å². The van der Waals surface area contributed by atoms with Crippen LogP contribution in [0.4, 0.5) is 0 Å². The first-order chi connectivity index (χ1) is 5.87. The largest absolute Gasteiger partial charge is 0.393 e. The van der Waals surface area contributed by atoms with Crippen molar-refractivity contribution in [2.45, 2.75) is 33.3 Å². The summed E-state index contributed by atoms with van der Waals surface area (Å²) in [5.74, 6) is 0.895. The molecule has 0 spiro atoms. The molecule has 0 aromatic heterocycles. The second-order valence-corrected chi connectivity index (χ2v) is 5.01. The van der Waals surface area contributed by atoms with Gasteiger partial charge in [0.05, 0.1) is 6.10 Å². The minimum Gasteiger partial charge on any atom is -0.393 e. The Kier molecular flexibility index (Phi) is 6.01. The van der Waals surface area contributed by atoms with E-state index < -0.39 is 0 Å². The average Bonchev–Trinajstić information content (AvgIpc) is 2.00. The van der Waals surface area contributed by atoms with E-state index in [1.54, 1.807) is 0 Å². The Bertz CT molecular complexity index is 137. The van der Waals surface area contributed by atoms with Crippen LogP contribution in [0.3, 0.4) is 0 Å². The summed E-state index contributed by atoms with van der Waals surface area (Å²) in [5.41, 5.74) is 0.260. The first-order valence-corrected chi connectivity index (χ1v) is 5.48. The quantitative estimate of drug-likeness (QED) is 0.644. The zero-order chi connectivity index (χ0) is 10.5. The maximum absolute atomic E-state index is 9.12. The van der Waals surface area contributed by atoms with Gasteiger partial charge in [-0.3, -0.25) is 0 Å². The molecule has 3 heteroatoms. The van der Waals surface area contributed by atoms with Crippen LogP contribution in [0.1, 0.15) is 27.2 Å². The van der Waals surface area contributed by atoms with E-state index in [2.05, 4.69) is 38.4 Å². The van der Waals surface area contributed by atoms with Crippen molar-refractivity contribution in [3.8, 4) is 0 Å². The maximum Gasteiger partial charge on any atom is 0.0524 e. The van der Waals surface area contributed by atoms with E-state index >= 15 is 0 Å². The molecule has 80 valence electrons. The van der Waals surface area contributed by atoms with Crippen LogP contribution in [0, 0.1) is 5.41 Å². The number of rotatable bonds is 6. The first kappa shape index (κ1) is 13.3. The molecule has 13 heavy (non-hydrogen) atoms. The lowest BCUT2D eigenvalue weighted by molar-refractivity contribution is 0.151. The lowest BCUT2D eigenvalue weighted by atomic mass is 9.96. The fraction of sp³-hybridized carbons (Fsp3) is 1.00. The number of nitrogens with zero attached hydrogens (tertiary/aromatic N) is 1. The van der Waals surface area contributed by atoms with Gasteiger partial charge in [0, 0.05) is 13.1 Å². The molecule has 0 aliphatic carbocycles. The van der Waals surface area contributed by atoms with Crippen LogP contribution in [0.5, 0.6) is 0 Å². The van der Waals surface area contributed by atoms with Crippen molar-refractivity contribution in [3.63, 3.8) is 0 Å². The predicted octanol–water partition coefficient (Wildman–Crippen LogP) is 1.65. The molecule has 0 radical (unpaired) electrons. The van der Waals surface area contributed by atoms with Crippen LogP contribution in [-0.4, -0.2) is 42.0 Å². The molecule has 0 saturated carbocycles. The molecule has 0 saturated heterocycles. The van der Waals surface area contributed by atoms with Gasteiger partial charge in [0.2, 0.25) is 0 Å². The van der Waals surface area contributed by atoms with Crippen molar-refractivity contribution in [1.29, 1.82) is 0 Å². The highest BCUT2D eigenvalue weighted by Crippen LogP contribution is 2.17. The van der Waals surface area contributed by atoms with Gasteiger partial charge in [0.15, 0.2) is 0 Å². The maximum atomic E-state index is 9.12. The van der Waals surface area contributed by atoms with Gasteiger partial charge < -0.3 is 10.0 Å². The van der Waals surface area contributed by atoms with Crippen molar-refractivity contribution < 1.29 is 5.11 Å². The lowest BCUT2D eigenvalue weighted by Crippen LogP contribution is -2.34. The molecule has 0 aliphatic heterocycles. The molecule has 0 aromatic rings. The molecule has 0 bridgehead atoms. The molecular formula is C10H23NOS. The molecule has 1 atom stereocenters. The third kappa shape index (κ3) is 7.35. The Hall–Kier alpha value is 0.270. The molecule has 1 N–H and O–H groups in total. The predicted molar refractivity (Wildman–Crippen MR) is 61.4 cm³/mol. The van der Waals surface area contributed by atoms with Gasteiger partial charge in [0.1, 0.15) is 0 Å². The Morgan fingerprint density at radius 2 is 2.00 bits per heavy atom. The SMILES string of the molecule is CC(O)CCN(C)CC(C)(C)CS. The normalized spacial score (nSPS) is 15.0. The smallest absolute Gasteiger partial charge is 0.0524 e. The van der Waals surface area contributed by atoms with Gasteiger partial charge in [-0.15, -0.1) is 0 Å². The molecular weight excluding hydrogens is 182 g/mol. The molecule has 2 nitrogen and oxygen atoms in total. The highest BCUT2D eigenvalue weighted by molar-refractivity contribution is 7.80. The van der Waals surface area contributed by atoms with Crippen LogP contribution < -0.4 is 0 Å². The third-order valence-corrected chi connectivity index (χ3v) is 2.91. The highest BCUT2D eigenvalue weighted by Gasteiger charge is 2.17. The summed E-state index contributed by atoms with van der Waals surface area (Å²) in [5, 5.41) is 9.12. The average molecular weight is 205 g/mol. The van der Waals surface area contributed by atoms with E-state index in [1.165, 1.54) is 0 Å². The Morgan fingerprint density at radius 1 is 1.46 bits per heavy atom. The minimum absolute atomic E-state index is 0.193. The van der Waals surface area contributed by atoms with Crippen LogP contribution >= 0.6 is 12.6 Å². The number of aliphatic hydroxyl groups excluding tert-OH is 1. The second-order valence-electron chi connectivity index (χ2n) is 4.70. The van der Waals surface area contributed by atoms with E-state index in [4.69, 9.17) is 5.11 Å². The molecule has 1 unspecified atom stereocenters. The Labute approximate surface area is 87.7 Å². The summed E-state index contributed by atoms with van der Waals surface area (Å²) in [6.07, 6.45) is 0.653. The molecule has 0 fully saturated rings. The molecule has 0 amide bonds. The van der Waals surface area contributed by atoms with E-state index in [-0.39, 0.29) is 11.5 Å². The van der Waals surface area contributed by atoms with E-state index in [0.29, 0.717) is 0 Å². The number of thiol groups is 1. The van der Waals surface area contributed by atoms with Crippen molar-refractivity contribution in [1.82, 2.24) is 4.90 Å². The summed E-state index contributed by atoms with van der Waals surface area (Å²) in [6, 6.07) is 0.